The fraction of sp³-hybridized carbons (Fsp3) is 0.545. The Morgan fingerprint density at radius 1 is 1.10 bits per heavy atom. The minimum absolute atomic E-state index is 0. The molecule has 1 aliphatic carbocycles. The van der Waals surface area contributed by atoms with Gasteiger partial charge in [0, 0.05) is 35.3 Å². The standard InChI is InChI=1S/C29H34ClN3O4.C4H11N/c1-36-19-29(28(34)35)13-15-33(16-14-29)18-20-7-9-22(10-8-20)26-31-27(37-32-26)23-11-12-24(25(30)17-23)21-5-3-2-4-6-21;1-4(2,3)5/h7-12,17,21H,2-6,13-16,18-19H2,1H3,(H,34,35);5H2,1-3H3. The molecule has 3 N–H and O–H groups in total. The third-order valence-electron chi connectivity index (χ3n) is 8.02. The van der Waals surface area contributed by atoms with Crippen LogP contribution in [0.1, 0.15) is 82.8 Å². The first-order valence-electron chi connectivity index (χ1n) is 14.9. The number of aromatic nitrogens is 2. The van der Waals surface area contributed by atoms with Crippen molar-refractivity contribution < 1.29 is 19.2 Å². The average molecular weight is 597 g/mol. The maximum atomic E-state index is 11.8. The Hall–Kier alpha value is -2.78. The van der Waals surface area contributed by atoms with Gasteiger partial charge in [-0.1, -0.05) is 66.4 Å². The molecule has 0 radical (unpaired) electrons. The van der Waals surface area contributed by atoms with Crippen molar-refractivity contribution in [3.63, 3.8) is 0 Å². The van der Waals surface area contributed by atoms with Crippen molar-refractivity contribution in [1.29, 1.82) is 0 Å². The molecule has 2 heterocycles. The number of ether oxygens (including phenoxy) is 1. The molecule has 0 unspecified atom stereocenters. The molecule has 2 aliphatic rings. The highest BCUT2D eigenvalue weighted by molar-refractivity contribution is 6.31. The molecule has 228 valence electrons. The third kappa shape index (κ3) is 8.63. The van der Waals surface area contributed by atoms with E-state index in [-0.39, 0.29) is 12.1 Å². The molecule has 3 aromatic rings. The zero-order chi connectivity index (χ0) is 30.3. The molecular formula is C33H45ClN4O4. The van der Waals surface area contributed by atoms with E-state index in [0.29, 0.717) is 30.5 Å². The van der Waals surface area contributed by atoms with Gasteiger partial charge in [-0.25, -0.2) is 0 Å². The van der Waals surface area contributed by atoms with Crippen LogP contribution < -0.4 is 5.73 Å². The Balaban J connectivity index is 0.000000748. The number of piperidine rings is 1. The summed E-state index contributed by atoms with van der Waals surface area (Å²) >= 11 is 6.65. The number of benzene rings is 2. The van der Waals surface area contributed by atoms with Gasteiger partial charge in [-0.3, -0.25) is 9.69 Å². The molecule has 5 rings (SSSR count). The lowest BCUT2D eigenvalue weighted by molar-refractivity contribution is -0.156. The van der Waals surface area contributed by atoms with Gasteiger partial charge in [-0.2, -0.15) is 4.98 Å². The number of methoxy groups -OCH3 is 1. The predicted octanol–water partition coefficient (Wildman–Crippen LogP) is 7.16. The maximum Gasteiger partial charge on any atom is 0.312 e. The number of hydrogen-bond acceptors (Lipinski definition) is 7. The van der Waals surface area contributed by atoms with Gasteiger partial charge in [-0.05, 0) is 88.7 Å². The average Bonchev–Trinajstić information content (AvgIpc) is 3.45. The van der Waals surface area contributed by atoms with E-state index in [2.05, 4.69) is 33.2 Å². The van der Waals surface area contributed by atoms with Crippen LogP contribution in [0.25, 0.3) is 22.8 Å². The zero-order valence-corrected chi connectivity index (χ0v) is 26.1. The fourth-order valence-electron chi connectivity index (χ4n) is 5.72. The Morgan fingerprint density at radius 3 is 2.29 bits per heavy atom. The van der Waals surface area contributed by atoms with Gasteiger partial charge in [0.2, 0.25) is 5.82 Å². The summed E-state index contributed by atoms with van der Waals surface area (Å²) in [5.41, 5.74) is 8.68. The Morgan fingerprint density at radius 2 is 1.71 bits per heavy atom. The number of aliphatic carboxylic acids is 1. The van der Waals surface area contributed by atoms with E-state index in [4.69, 9.17) is 26.6 Å². The van der Waals surface area contributed by atoms with Crippen molar-refractivity contribution in [1.82, 2.24) is 15.0 Å². The van der Waals surface area contributed by atoms with Crippen molar-refractivity contribution in [2.45, 2.75) is 83.7 Å². The summed E-state index contributed by atoms with van der Waals surface area (Å²) in [7, 11) is 1.56. The second kappa shape index (κ2) is 14.1. The second-order valence-corrected chi connectivity index (χ2v) is 13.3. The Labute approximate surface area is 254 Å². The molecule has 8 nitrogen and oxygen atoms in total. The first-order chi connectivity index (χ1) is 20.0. The highest BCUT2D eigenvalue weighted by atomic mass is 35.5. The highest BCUT2D eigenvalue weighted by Gasteiger charge is 2.41. The normalized spacial score (nSPS) is 17.9. The quantitative estimate of drug-likeness (QED) is 0.281. The number of nitrogens with two attached hydrogens (primary N) is 1. The summed E-state index contributed by atoms with van der Waals surface area (Å²) in [5.74, 6) is 0.780. The Kier molecular flexibility index (Phi) is 10.8. The summed E-state index contributed by atoms with van der Waals surface area (Å²) in [5, 5.41) is 14.6. The van der Waals surface area contributed by atoms with E-state index in [1.54, 1.807) is 7.11 Å². The van der Waals surface area contributed by atoms with Gasteiger partial charge in [0.15, 0.2) is 0 Å². The van der Waals surface area contributed by atoms with E-state index < -0.39 is 11.4 Å². The van der Waals surface area contributed by atoms with Gasteiger partial charge >= 0.3 is 5.97 Å². The number of carboxylic acids is 1. The number of halogens is 1. The first-order valence-corrected chi connectivity index (χ1v) is 15.3. The molecule has 1 saturated carbocycles. The number of nitrogens with zero attached hydrogens (tertiary/aromatic N) is 3. The minimum atomic E-state index is -0.772. The second-order valence-electron chi connectivity index (χ2n) is 12.9. The maximum absolute atomic E-state index is 11.8. The van der Waals surface area contributed by atoms with Crippen LogP contribution in [0.3, 0.4) is 0 Å². The number of carboxylic acid groups (broad SMARTS) is 1. The minimum Gasteiger partial charge on any atom is -0.481 e. The SMILES string of the molecule is CC(C)(C)N.COCC1(C(=O)O)CCN(Cc2ccc(-c3noc(-c4ccc(C5CCCCC5)c(Cl)c4)n3)cc2)CC1. The summed E-state index contributed by atoms with van der Waals surface area (Å²) < 4.78 is 10.8. The Bertz CT molecular complexity index is 1300. The van der Waals surface area contributed by atoms with Crippen LogP contribution in [-0.4, -0.2) is 58.5 Å². The van der Waals surface area contributed by atoms with Crippen LogP contribution in [0.4, 0.5) is 0 Å². The molecule has 0 amide bonds. The summed E-state index contributed by atoms with van der Waals surface area (Å²) in [4.78, 5) is 18.7. The molecule has 9 heteroatoms. The number of carbonyl (C=O) groups is 1. The smallest absolute Gasteiger partial charge is 0.312 e. The summed E-state index contributed by atoms with van der Waals surface area (Å²) in [6.45, 7) is 8.38. The topological polar surface area (TPSA) is 115 Å². The van der Waals surface area contributed by atoms with Crippen LogP contribution in [0.15, 0.2) is 47.0 Å². The molecule has 1 aliphatic heterocycles. The van der Waals surface area contributed by atoms with Crippen molar-refractivity contribution in [2.75, 3.05) is 26.8 Å². The summed E-state index contributed by atoms with van der Waals surface area (Å²) in [6.07, 6.45) is 7.44. The van der Waals surface area contributed by atoms with Gasteiger partial charge < -0.3 is 20.1 Å². The lowest BCUT2D eigenvalue weighted by Gasteiger charge is -2.38. The van der Waals surface area contributed by atoms with Gasteiger partial charge in [0.25, 0.3) is 5.89 Å². The van der Waals surface area contributed by atoms with E-state index in [0.717, 1.165) is 41.3 Å². The predicted molar refractivity (Wildman–Crippen MR) is 166 cm³/mol. The summed E-state index contributed by atoms with van der Waals surface area (Å²) in [6, 6.07) is 14.2. The van der Waals surface area contributed by atoms with E-state index in [1.807, 2.05) is 45.0 Å². The van der Waals surface area contributed by atoms with Gasteiger partial charge in [0.05, 0.1) is 12.0 Å². The van der Waals surface area contributed by atoms with Crippen molar-refractivity contribution in [3.05, 3.63) is 58.6 Å². The van der Waals surface area contributed by atoms with Gasteiger partial charge in [0.1, 0.15) is 0 Å². The lowest BCUT2D eigenvalue weighted by atomic mass is 9.79. The monoisotopic (exact) mass is 596 g/mol. The molecule has 0 spiro atoms. The first kappa shape index (κ1) is 32.1. The van der Waals surface area contributed by atoms with Crippen molar-refractivity contribution in [3.8, 4) is 22.8 Å². The number of likely N-dealkylation sites (tertiary alicyclic amines) is 1. The lowest BCUT2D eigenvalue weighted by Crippen LogP contribution is -2.46. The molecule has 1 saturated heterocycles. The van der Waals surface area contributed by atoms with Crippen LogP contribution in [-0.2, 0) is 16.1 Å². The molecular weight excluding hydrogens is 552 g/mol. The molecule has 42 heavy (non-hydrogen) atoms. The molecule has 2 fully saturated rings. The molecule has 0 atom stereocenters. The third-order valence-corrected chi connectivity index (χ3v) is 8.35. The fourth-order valence-corrected chi connectivity index (χ4v) is 6.05. The van der Waals surface area contributed by atoms with Crippen LogP contribution in [0, 0.1) is 5.41 Å². The van der Waals surface area contributed by atoms with E-state index >= 15 is 0 Å². The van der Waals surface area contributed by atoms with Crippen LogP contribution >= 0.6 is 11.6 Å². The molecule has 0 bridgehead atoms. The van der Waals surface area contributed by atoms with E-state index in [9.17, 15) is 9.90 Å². The molecule has 2 aromatic carbocycles. The number of rotatable bonds is 8. The van der Waals surface area contributed by atoms with Crippen molar-refractivity contribution >= 4 is 17.6 Å². The number of hydrogen-bond donors (Lipinski definition) is 2. The molecule has 1 aromatic heterocycles. The van der Waals surface area contributed by atoms with Gasteiger partial charge in [-0.15, -0.1) is 0 Å². The van der Waals surface area contributed by atoms with E-state index in [1.165, 1.54) is 37.7 Å². The zero-order valence-electron chi connectivity index (χ0n) is 25.4. The van der Waals surface area contributed by atoms with Crippen LogP contribution in [0.5, 0.6) is 0 Å². The largest absolute Gasteiger partial charge is 0.481 e. The van der Waals surface area contributed by atoms with Crippen LogP contribution in [0.2, 0.25) is 5.02 Å². The highest BCUT2D eigenvalue weighted by Crippen LogP contribution is 2.38. The van der Waals surface area contributed by atoms with Crippen molar-refractivity contribution in [2.24, 2.45) is 11.1 Å².